The van der Waals surface area contributed by atoms with Crippen LogP contribution >= 0.6 is 0 Å². The summed E-state index contributed by atoms with van der Waals surface area (Å²) in [6.07, 6.45) is 6.13. The van der Waals surface area contributed by atoms with E-state index in [4.69, 9.17) is 0 Å². The van der Waals surface area contributed by atoms with E-state index in [2.05, 4.69) is 50.3 Å². The van der Waals surface area contributed by atoms with Crippen LogP contribution in [-0.2, 0) is 0 Å². The Bertz CT molecular complexity index is 661. The Balaban J connectivity index is 2.19. The molecule has 0 saturated heterocycles. The molecule has 4 rings (SSSR count). The average Bonchev–Trinajstić information content (AvgIpc) is 3.14. The Morgan fingerprint density at radius 3 is 2.47 bits per heavy atom. The summed E-state index contributed by atoms with van der Waals surface area (Å²) in [6, 6.07) is 8.83. The molecule has 0 N–H and O–H groups in total. The fourth-order valence-electron chi connectivity index (χ4n) is 3.50. The quantitative estimate of drug-likeness (QED) is 0.609. The molecule has 0 heterocycles. The van der Waals surface area contributed by atoms with Crippen LogP contribution in [-0.4, -0.2) is 0 Å². The Labute approximate surface area is 102 Å². The number of hydrogen-bond acceptors (Lipinski definition) is 0. The number of fused-ring (bicyclic) bond motifs is 4. The first-order valence-electron chi connectivity index (χ1n) is 6.47. The predicted molar refractivity (Wildman–Crippen MR) is 73.3 cm³/mol. The molecule has 0 aliphatic heterocycles. The van der Waals surface area contributed by atoms with E-state index < -0.39 is 0 Å². The van der Waals surface area contributed by atoms with Gasteiger partial charge >= 0.3 is 0 Å². The van der Waals surface area contributed by atoms with Crippen molar-refractivity contribution in [3.63, 3.8) is 0 Å². The van der Waals surface area contributed by atoms with Crippen molar-refractivity contribution in [1.82, 2.24) is 0 Å². The molecule has 2 aromatic carbocycles. The third-order valence-electron chi connectivity index (χ3n) is 4.55. The minimum absolute atomic E-state index is 0.818. The van der Waals surface area contributed by atoms with Gasteiger partial charge in [-0.2, -0.15) is 0 Å². The van der Waals surface area contributed by atoms with Crippen molar-refractivity contribution in [1.29, 1.82) is 0 Å². The molecule has 0 amide bonds. The summed E-state index contributed by atoms with van der Waals surface area (Å²) in [5.41, 5.74) is 6.11. The smallest absolute Gasteiger partial charge is 0.00840 e. The van der Waals surface area contributed by atoms with E-state index in [1.54, 1.807) is 5.56 Å². The van der Waals surface area contributed by atoms with Gasteiger partial charge in [0.15, 0.2) is 0 Å². The Morgan fingerprint density at radius 1 is 1.00 bits per heavy atom. The van der Waals surface area contributed by atoms with Gasteiger partial charge in [0.25, 0.3) is 0 Å². The monoisotopic (exact) mass is 220 g/mol. The first-order valence-corrected chi connectivity index (χ1v) is 6.47. The summed E-state index contributed by atoms with van der Waals surface area (Å²) in [6.45, 7) is 4.57. The molecule has 0 spiro atoms. The van der Waals surface area contributed by atoms with Crippen LogP contribution in [0.2, 0.25) is 0 Å². The molecule has 2 aromatic rings. The molecule has 2 unspecified atom stereocenters. The first-order chi connectivity index (χ1) is 8.27. The fraction of sp³-hybridized carbons (Fsp3) is 0.294. The van der Waals surface area contributed by atoms with Gasteiger partial charge in [-0.3, -0.25) is 0 Å². The number of hydrogen-bond donors (Lipinski definition) is 0. The zero-order valence-corrected chi connectivity index (χ0v) is 10.3. The van der Waals surface area contributed by atoms with Crippen LogP contribution in [0.15, 0.2) is 30.3 Å². The third kappa shape index (κ3) is 1.13. The number of benzene rings is 2. The molecule has 17 heavy (non-hydrogen) atoms. The Hall–Kier alpha value is -1.56. The SMILES string of the molecule is Cc1c2c(c(C)c3ccccc13)C1CC1C=C2. The van der Waals surface area contributed by atoms with Crippen LogP contribution in [0.5, 0.6) is 0 Å². The zero-order valence-electron chi connectivity index (χ0n) is 10.3. The van der Waals surface area contributed by atoms with Crippen LogP contribution in [0.3, 0.4) is 0 Å². The van der Waals surface area contributed by atoms with Crippen LogP contribution < -0.4 is 0 Å². The van der Waals surface area contributed by atoms with E-state index in [-0.39, 0.29) is 0 Å². The van der Waals surface area contributed by atoms with Crippen molar-refractivity contribution in [3.05, 3.63) is 52.6 Å². The average molecular weight is 220 g/mol. The van der Waals surface area contributed by atoms with Crippen molar-refractivity contribution in [3.8, 4) is 0 Å². The largest absolute Gasteiger partial charge is 0.0802 e. The van der Waals surface area contributed by atoms with Gasteiger partial charge in [-0.25, -0.2) is 0 Å². The van der Waals surface area contributed by atoms with Crippen molar-refractivity contribution in [2.75, 3.05) is 0 Å². The maximum atomic E-state index is 2.41. The minimum Gasteiger partial charge on any atom is -0.0802 e. The highest BCUT2D eigenvalue weighted by molar-refractivity contribution is 5.93. The zero-order chi connectivity index (χ0) is 11.6. The van der Waals surface area contributed by atoms with Crippen molar-refractivity contribution < 1.29 is 0 Å². The van der Waals surface area contributed by atoms with Gasteiger partial charge in [0.05, 0.1) is 0 Å². The molecule has 84 valence electrons. The third-order valence-corrected chi connectivity index (χ3v) is 4.55. The van der Waals surface area contributed by atoms with Crippen LogP contribution in [0.4, 0.5) is 0 Å². The molecule has 0 heteroatoms. The molecule has 2 aliphatic carbocycles. The molecule has 2 atom stereocenters. The lowest BCUT2D eigenvalue weighted by atomic mass is 9.85. The van der Waals surface area contributed by atoms with Gasteiger partial charge in [-0.15, -0.1) is 0 Å². The second-order valence-corrected chi connectivity index (χ2v) is 5.49. The standard InChI is InChI=1S/C17H16/c1-10-13-5-3-4-6-14(13)11(2)17-15(10)8-7-12-9-16(12)17/h3-8,12,16H,9H2,1-2H3. The fourth-order valence-corrected chi connectivity index (χ4v) is 3.50. The van der Waals surface area contributed by atoms with Gasteiger partial charge in [0.2, 0.25) is 0 Å². The summed E-state index contributed by atoms with van der Waals surface area (Å²) in [4.78, 5) is 0. The number of rotatable bonds is 0. The molecule has 1 saturated carbocycles. The van der Waals surface area contributed by atoms with Gasteiger partial charge in [-0.1, -0.05) is 36.4 Å². The maximum Gasteiger partial charge on any atom is -0.00840 e. The second kappa shape index (κ2) is 3.01. The van der Waals surface area contributed by atoms with Crippen molar-refractivity contribution in [2.45, 2.75) is 26.2 Å². The minimum atomic E-state index is 0.818. The first kappa shape index (κ1) is 9.47. The van der Waals surface area contributed by atoms with E-state index in [9.17, 15) is 0 Å². The molecule has 0 aromatic heterocycles. The van der Waals surface area contributed by atoms with E-state index in [0.717, 1.165) is 11.8 Å². The van der Waals surface area contributed by atoms with E-state index >= 15 is 0 Å². The topological polar surface area (TPSA) is 0 Å². The number of aryl methyl sites for hydroxylation is 2. The Morgan fingerprint density at radius 2 is 1.71 bits per heavy atom. The molecule has 0 nitrogen and oxygen atoms in total. The molecule has 1 fully saturated rings. The summed E-state index contributed by atoms with van der Waals surface area (Å²) in [5, 5.41) is 2.87. The normalized spacial score (nSPS) is 24.6. The second-order valence-electron chi connectivity index (χ2n) is 5.49. The van der Waals surface area contributed by atoms with E-state index in [0.29, 0.717) is 0 Å². The molecule has 2 aliphatic rings. The van der Waals surface area contributed by atoms with Gasteiger partial charge in [0.1, 0.15) is 0 Å². The van der Waals surface area contributed by atoms with Gasteiger partial charge in [-0.05, 0) is 65.1 Å². The molecular formula is C17H16. The van der Waals surface area contributed by atoms with Crippen LogP contribution in [0.1, 0.15) is 34.6 Å². The lowest BCUT2D eigenvalue weighted by molar-refractivity contribution is 0.982. The molecule has 0 radical (unpaired) electrons. The van der Waals surface area contributed by atoms with E-state index in [1.807, 2.05) is 0 Å². The van der Waals surface area contributed by atoms with Crippen LogP contribution in [0, 0.1) is 19.8 Å². The van der Waals surface area contributed by atoms with Crippen molar-refractivity contribution in [2.24, 2.45) is 5.92 Å². The number of allylic oxidation sites excluding steroid dienone is 1. The van der Waals surface area contributed by atoms with E-state index in [1.165, 1.54) is 33.9 Å². The maximum absolute atomic E-state index is 2.41. The highest BCUT2D eigenvalue weighted by Gasteiger charge is 2.41. The molecular weight excluding hydrogens is 204 g/mol. The highest BCUT2D eigenvalue weighted by Crippen LogP contribution is 2.55. The van der Waals surface area contributed by atoms with Crippen LogP contribution in [0.25, 0.3) is 16.8 Å². The summed E-state index contributed by atoms with van der Waals surface area (Å²) in [5.74, 6) is 1.65. The lowest BCUT2D eigenvalue weighted by Gasteiger charge is -2.19. The summed E-state index contributed by atoms with van der Waals surface area (Å²) in [7, 11) is 0. The molecule has 0 bridgehead atoms. The predicted octanol–water partition coefficient (Wildman–Crippen LogP) is 4.59. The summed E-state index contributed by atoms with van der Waals surface area (Å²) >= 11 is 0. The van der Waals surface area contributed by atoms with Crippen molar-refractivity contribution >= 4 is 16.8 Å². The summed E-state index contributed by atoms with van der Waals surface area (Å²) < 4.78 is 0. The highest BCUT2D eigenvalue weighted by atomic mass is 14.4. The lowest BCUT2D eigenvalue weighted by Crippen LogP contribution is -2.00. The van der Waals surface area contributed by atoms with Gasteiger partial charge < -0.3 is 0 Å². The Kier molecular flexibility index (Phi) is 1.68. The van der Waals surface area contributed by atoms with Gasteiger partial charge in [0, 0.05) is 0 Å².